The van der Waals surface area contributed by atoms with Crippen LogP contribution < -0.4 is 0 Å². The molecular weight excluding hydrogens is 332 g/mol. The van der Waals surface area contributed by atoms with E-state index in [0.717, 1.165) is 24.8 Å². The van der Waals surface area contributed by atoms with Gasteiger partial charge in [-0.3, -0.25) is 4.79 Å². The summed E-state index contributed by atoms with van der Waals surface area (Å²) < 4.78 is 0. The average Bonchev–Trinajstić information content (AvgIpc) is 2.87. The fraction of sp³-hybridized carbons (Fsp3) is 0.857. The molecule has 4 aliphatic rings. The van der Waals surface area contributed by atoms with E-state index in [1.165, 1.54) is 6.92 Å². The normalized spacial score (nSPS) is 56.2. The number of hydrogen-bond donors (Lipinski definition) is 4. The van der Waals surface area contributed by atoms with Crippen LogP contribution in [0.25, 0.3) is 0 Å². The van der Waals surface area contributed by atoms with Gasteiger partial charge in [0.15, 0.2) is 5.78 Å². The van der Waals surface area contributed by atoms with Crippen molar-refractivity contribution >= 4 is 5.78 Å². The molecule has 26 heavy (non-hydrogen) atoms. The molecule has 0 saturated heterocycles. The lowest BCUT2D eigenvalue weighted by molar-refractivity contribution is -0.180. The van der Waals surface area contributed by atoms with Gasteiger partial charge in [0.1, 0.15) is 11.7 Å². The van der Waals surface area contributed by atoms with Gasteiger partial charge in [-0.2, -0.15) is 0 Å². The predicted molar refractivity (Wildman–Crippen MR) is 96.1 cm³/mol. The second-order valence-electron chi connectivity index (χ2n) is 9.78. The van der Waals surface area contributed by atoms with Crippen LogP contribution in [-0.2, 0) is 4.79 Å². The molecule has 5 nitrogen and oxygen atoms in total. The van der Waals surface area contributed by atoms with Crippen LogP contribution in [0.5, 0.6) is 0 Å². The zero-order chi connectivity index (χ0) is 19.1. The van der Waals surface area contributed by atoms with E-state index in [9.17, 15) is 25.2 Å². The quantitative estimate of drug-likeness (QED) is 0.530. The van der Waals surface area contributed by atoms with Crippen molar-refractivity contribution in [1.82, 2.24) is 0 Å². The molecule has 4 aliphatic carbocycles. The van der Waals surface area contributed by atoms with Crippen molar-refractivity contribution in [2.45, 2.75) is 83.2 Å². The zero-order valence-electron chi connectivity index (χ0n) is 16.0. The molecule has 5 heteroatoms. The summed E-state index contributed by atoms with van der Waals surface area (Å²) in [6.45, 7) is 5.63. The Hall–Kier alpha value is -0.750. The lowest BCUT2D eigenvalue weighted by Crippen LogP contribution is -2.63. The zero-order valence-corrected chi connectivity index (χ0v) is 16.0. The van der Waals surface area contributed by atoms with Gasteiger partial charge in [0.2, 0.25) is 0 Å². The highest BCUT2D eigenvalue weighted by Crippen LogP contribution is 2.67. The summed E-state index contributed by atoms with van der Waals surface area (Å²) in [4.78, 5) is 12.3. The lowest BCUT2D eigenvalue weighted by Gasteiger charge is -2.61. The molecule has 0 spiro atoms. The molecule has 0 amide bonds. The van der Waals surface area contributed by atoms with E-state index < -0.39 is 29.3 Å². The Morgan fingerprint density at radius 3 is 2.35 bits per heavy atom. The summed E-state index contributed by atoms with van der Waals surface area (Å²) in [5.74, 6) is -0.0917. The first kappa shape index (κ1) is 18.6. The fourth-order valence-corrected chi connectivity index (χ4v) is 7.31. The van der Waals surface area contributed by atoms with Crippen molar-refractivity contribution in [2.24, 2.45) is 28.6 Å². The number of carbonyl (C=O) groups is 1. The number of hydrogen-bond acceptors (Lipinski definition) is 5. The first-order valence-electron chi connectivity index (χ1n) is 10.1. The molecule has 9 atom stereocenters. The van der Waals surface area contributed by atoms with Crippen molar-refractivity contribution in [3.8, 4) is 0 Å². The molecule has 3 fully saturated rings. The van der Waals surface area contributed by atoms with E-state index in [1.807, 2.05) is 6.92 Å². The van der Waals surface area contributed by atoms with Crippen LogP contribution in [-0.4, -0.2) is 50.1 Å². The topological polar surface area (TPSA) is 98.0 Å². The van der Waals surface area contributed by atoms with Crippen LogP contribution in [0.15, 0.2) is 11.6 Å². The van der Waals surface area contributed by atoms with E-state index in [-0.39, 0.29) is 29.0 Å². The number of carbonyl (C=O) groups excluding carboxylic acids is 1. The minimum atomic E-state index is -1.33. The number of aliphatic hydroxyl groups is 4. The Labute approximate surface area is 155 Å². The summed E-state index contributed by atoms with van der Waals surface area (Å²) in [5.41, 5.74) is -1.33. The second-order valence-corrected chi connectivity index (χ2v) is 9.78. The molecule has 146 valence electrons. The van der Waals surface area contributed by atoms with Gasteiger partial charge in [-0.25, -0.2) is 0 Å². The molecule has 0 aromatic rings. The standard InChI is InChI=1S/C21H32O5/c1-11(22)21(26)9-6-14-16-13(5-8-20(14,21)3)19(2)7-4-12(23)10-15(19)17(24)18(16)25/h10,12-14,16-18,23-26H,4-9H2,1-3H3/t12-,13-,14-,16+,17-,18+,19+,20-,21-/m0/s1. The molecular formula is C21H32O5. The van der Waals surface area contributed by atoms with Gasteiger partial charge in [-0.05, 0) is 74.2 Å². The van der Waals surface area contributed by atoms with E-state index >= 15 is 0 Å². The number of fused-ring (bicyclic) bond motifs is 5. The third-order valence-electron chi connectivity index (χ3n) is 8.91. The fourth-order valence-electron chi connectivity index (χ4n) is 7.31. The molecule has 0 aliphatic heterocycles. The van der Waals surface area contributed by atoms with Gasteiger partial charge < -0.3 is 20.4 Å². The molecule has 0 aromatic carbocycles. The van der Waals surface area contributed by atoms with E-state index in [0.29, 0.717) is 19.3 Å². The molecule has 3 saturated carbocycles. The summed E-state index contributed by atoms with van der Waals surface area (Å²) in [5, 5.41) is 43.1. The Kier molecular flexibility index (Phi) is 4.03. The van der Waals surface area contributed by atoms with Gasteiger partial charge in [-0.1, -0.05) is 19.9 Å². The third kappa shape index (κ3) is 2.09. The van der Waals surface area contributed by atoms with Crippen LogP contribution in [0.3, 0.4) is 0 Å². The first-order valence-corrected chi connectivity index (χ1v) is 10.1. The summed E-state index contributed by atoms with van der Waals surface area (Å²) in [7, 11) is 0. The summed E-state index contributed by atoms with van der Waals surface area (Å²) in [6, 6.07) is 0. The molecule has 4 N–H and O–H groups in total. The van der Waals surface area contributed by atoms with Gasteiger partial charge in [0.05, 0.1) is 12.2 Å². The number of ketones is 1. The number of Topliss-reactive ketones (excluding diaryl/α,β-unsaturated/α-hetero) is 1. The van der Waals surface area contributed by atoms with Crippen LogP contribution in [0.2, 0.25) is 0 Å². The second kappa shape index (κ2) is 5.63. The van der Waals surface area contributed by atoms with Crippen molar-refractivity contribution in [3.05, 3.63) is 11.6 Å². The first-order chi connectivity index (χ1) is 12.1. The highest BCUT2D eigenvalue weighted by Gasteiger charge is 2.68. The predicted octanol–water partition coefficient (Wildman–Crippen LogP) is 1.57. The Bertz CT molecular complexity index is 659. The molecule has 0 unspecified atom stereocenters. The molecule has 0 heterocycles. The highest BCUT2D eigenvalue weighted by atomic mass is 16.3. The SMILES string of the molecule is CC(=O)[C@@]1(O)CC[C@H]2[C@@H]3[C@@H](O)[C@@H](O)C4=C[C@@H](O)CC[C@]4(C)[C@H]3CC[C@@]21C. The van der Waals surface area contributed by atoms with Gasteiger partial charge in [0, 0.05) is 5.41 Å². The monoisotopic (exact) mass is 364 g/mol. The Balaban J connectivity index is 1.77. The molecule has 0 radical (unpaired) electrons. The smallest absolute Gasteiger partial charge is 0.161 e. The van der Waals surface area contributed by atoms with E-state index in [1.54, 1.807) is 6.08 Å². The molecule has 4 rings (SSSR count). The summed E-state index contributed by atoms with van der Waals surface area (Å²) >= 11 is 0. The van der Waals surface area contributed by atoms with Crippen LogP contribution in [0.4, 0.5) is 0 Å². The average molecular weight is 364 g/mol. The largest absolute Gasteiger partial charge is 0.390 e. The molecule has 0 aromatic heterocycles. The maximum atomic E-state index is 12.3. The van der Waals surface area contributed by atoms with Gasteiger partial charge >= 0.3 is 0 Å². The summed E-state index contributed by atoms with van der Waals surface area (Å²) in [6.07, 6.45) is 3.49. The molecule has 0 bridgehead atoms. The van der Waals surface area contributed by atoms with E-state index in [2.05, 4.69) is 6.92 Å². The van der Waals surface area contributed by atoms with Crippen LogP contribution >= 0.6 is 0 Å². The van der Waals surface area contributed by atoms with Crippen molar-refractivity contribution in [1.29, 1.82) is 0 Å². The lowest BCUT2D eigenvalue weighted by atomic mass is 9.45. The Morgan fingerprint density at radius 2 is 1.69 bits per heavy atom. The maximum Gasteiger partial charge on any atom is 0.161 e. The highest BCUT2D eigenvalue weighted by molar-refractivity contribution is 5.86. The van der Waals surface area contributed by atoms with Crippen LogP contribution in [0.1, 0.15) is 59.3 Å². The minimum Gasteiger partial charge on any atom is -0.390 e. The Morgan fingerprint density at radius 1 is 1.04 bits per heavy atom. The van der Waals surface area contributed by atoms with Crippen molar-refractivity contribution in [3.63, 3.8) is 0 Å². The van der Waals surface area contributed by atoms with Crippen LogP contribution in [0, 0.1) is 28.6 Å². The van der Waals surface area contributed by atoms with Gasteiger partial charge in [-0.15, -0.1) is 0 Å². The number of aliphatic hydroxyl groups excluding tert-OH is 3. The minimum absolute atomic E-state index is 0.0185. The maximum absolute atomic E-state index is 12.3. The third-order valence-corrected chi connectivity index (χ3v) is 8.91. The van der Waals surface area contributed by atoms with Crippen molar-refractivity contribution in [2.75, 3.05) is 0 Å². The van der Waals surface area contributed by atoms with Gasteiger partial charge in [0.25, 0.3) is 0 Å². The van der Waals surface area contributed by atoms with Crippen molar-refractivity contribution < 1.29 is 25.2 Å². The number of rotatable bonds is 1. The van der Waals surface area contributed by atoms with E-state index in [4.69, 9.17) is 0 Å².